The standard InChI is InChI=1S/C12H16F3N3O/c1-6(8-3-4-8)5-9(19)16-11-7(2)10(17-18-11)12(13,14)15/h6,8H,3-5H2,1-2H3,(H2,16,17,18,19)/t6-/m0/s1. The van der Waals surface area contributed by atoms with Gasteiger partial charge in [-0.2, -0.15) is 18.3 Å². The molecular formula is C12H16F3N3O. The minimum Gasteiger partial charge on any atom is -0.309 e. The van der Waals surface area contributed by atoms with Crippen molar-refractivity contribution in [1.29, 1.82) is 0 Å². The van der Waals surface area contributed by atoms with Crippen molar-refractivity contribution in [3.8, 4) is 0 Å². The molecule has 7 heteroatoms. The Morgan fingerprint density at radius 3 is 2.63 bits per heavy atom. The molecular weight excluding hydrogens is 259 g/mol. The summed E-state index contributed by atoms with van der Waals surface area (Å²) in [6.45, 7) is 3.27. The first-order chi connectivity index (χ1) is 8.79. The van der Waals surface area contributed by atoms with Gasteiger partial charge in [-0.3, -0.25) is 9.89 Å². The Morgan fingerprint density at radius 2 is 2.16 bits per heavy atom. The summed E-state index contributed by atoms with van der Waals surface area (Å²) < 4.78 is 37.6. The zero-order chi connectivity index (χ0) is 14.2. The van der Waals surface area contributed by atoms with E-state index in [9.17, 15) is 18.0 Å². The predicted octanol–water partition coefficient (Wildman–Crippen LogP) is 3.11. The number of amides is 1. The van der Waals surface area contributed by atoms with Crippen molar-refractivity contribution >= 4 is 11.7 Å². The molecule has 0 bridgehead atoms. The first-order valence-corrected chi connectivity index (χ1v) is 6.21. The lowest BCUT2D eigenvalue weighted by atomic mass is 10.0. The highest BCUT2D eigenvalue weighted by Crippen LogP contribution is 2.38. The third kappa shape index (κ3) is 3.27. The van der Waals surface area contributed by atoms with Crippen molar-refractivity contribution in [3.05, 3.63) is 11.3 Å². The largest absolute Gasteiger partial charge is 0.433 e. The number of halogens is 3. The van der Waals surface area contributed by atoms with Gasteiger partial charge in [0, 0.05) is 12.0 Å². The van der Waals surface area contributed by atoms with Gasteiger partial charge in [-0.25, -0.2) is 0 Å². The molecule has 1 saturated carbocycles. The molecule has 0 spiro atoms. The van der Waals surface area contributed by atoms with Gasteiger partial charge in [-0.1, -0.05) is 6.92 Å². The Kier molecular flexibility index (Phi) is 3.56. The van der Waals surface area contributed by atoms with Gasteiger partial charge in [0.05, 0.1) is 0 Å². The minimum absolute atomic E-state index is 0.0414. The smallest absolute Gasteiger partial charge is 0.309 e. The number of carbonyl (C=O) groups is 1. The van der Waals surface area contributed by atoms with Crippen LogP contribution in [0.3, 0.4) is 0 Å². The van der Waals surface area contributed by atoms with Gasteiger partial charge < -0.3 is 5.32 Å². The van der Waals surface area contributed by atoms with Crippen LogP contribution < -0.4 is 5.32 Å². The second kappa shape index (κ2) is 4.86. The van der Waals surface area contributed by atoms with E-state index in [1.165, 1.54) is 6.92 Å². The summed E-state index contributed by atoms with van der Waals surface area (Å²) in [6.07, 6.45) is -1.90. The Balaban J connectivity index is 1.99. The second-order valence-electron chi connectivity index (χ2n) is 5.14. The molecule has 1 amide bonds. The highest BCUT2D eigenvalue weighted by Gasteiger charge is 2.36. The zero-order valence-electron chi connectivity index (χ0n) is 10.8. The highest BCUT2D eigenvalue weighted by atomic mass is 19.4. The van der Waals surface area contributed by atoms with Crippen molar-refractivity contribution in [2.24, 2.45) is 11.8 Å². The minimum atomic E-state index is -4.48. The highest BCUT2D eigenvalue weighted by molar-refractivity contribution is 5.90. The molecule has 2 rings (SSSR count). The zero-order valence-corrected chi connectivity index (χ0v) is 10.8. The van der Waals surface area contributed by atoms with E-state index in [1.807, 2.05) is 12.0 Å². The Labute approximate surface area is 108 Å². The Bertz CT molecular complexity index is 477. The summed E-state index contributed by atoms with van der Waals surface area (Å²) in [5, 5.41) is 7.87. The molecule has 0 radical (unpaired) electrons. The number of hydrogen-bond acceptors (Lipinski definition) is 2. The van der Waals surface area contributed by atoms with Crippen LogP contribution in [0.15, 0.2) is 0 Å². The molecule has 0 aromatic carbocycles. The van der Waals surface area contributed by atoms with E-state index in [1.54, 1.807) is 0 Å². The van der Waals surface area contributed by atoms with E-state index in [4.69, 9.17) is 0 Å². The topological polar surface area (TPSA) is 57.8 Å². The molecule has 2 N–H and O–H groups in total. The van der Waals surface area contributed by atoms with Crippen LogP contribution in [0.4, 0.5) is 19.0 Å². The fourth-order valence-corrected chi connectivity index (χ4v) is 2.10. The Hall–Kier alpha value is -1.53. The number of alkyl halides is 3. The molecule has 1 aliphatic carbocycles. The molecule has 0 saturated heterocycles. The van der Waals surface area contributed by atoms with Gasteiger partial charge >= 0.3 is 6.18 Å². The quantitative estimate of drug-likeness (QED) is 0.887. The second-order valence-corrected chi connectivity index (χ2v) is 5.14. The summed E-state index contributed by atoms with van der Waals surface area (Å²) in [5.41, 5.74) is -1.00. The average molecular weight is 275 g/mol. The number of aromatic nitrogens is 2. The molecule has 0 aliphatic heterocycles. The maximum absolute atomic E-state index is 12.5. The molecule has 1 atom stereocenters. The van der Waals surface area contributed by atoms with Crippen LogP contribution in [0, 0.1) is 18.8 Å². The van der Waals surface area contributed by atoms with Gasteiger partial charge in [-0.05, 0) is 31.6 Å². The molecule has 106 valence electrons. The number of aromatic amines is 1. The maximum atomic E-state index is 12.5. The fourth-order valence-electron chi connectivity index (χ4n) is 2.10. The van der Waals surface area contributed by atoms with Crippen LogP contribution in [0.1, 0.15) is 37.4 Å². The molecule has 0 unspecified atom stereocenters. The van der Waals surface area contributed by atoms with Crippen LogP contribution in [-0.2, 0) is 11.0 Å². The Morgan fingerprint density at radius 1 is 1.53 bits per heavy atom. The van der Waals surface area contributed by atoms with Gasteiger partial charge in [-0.15, -0.1) is 0 Å². The van der Waals surface area contributed by atoms with E-state index in [2.05, 4.69) is 10.4 Å². The van der Waals surface area contributed by atoms with E-state index >= 15 is 0 Å². The van der Waals surface area contributed by atoms with Crippen molar-refractivity contribution in [1.82, 2.24) is 10.2 Å². The first kappa shape index (κ1) is 13.9. The molecule has 19 heavy (non-hydrogen) atoms. The van der Waals surface area contributed by atoms with Crippen LogP contribution in [0.25, 0.3) is 0 Å². The third-order valence-electron chi connectivity index (χ3n) is 3.49. The van der Waals surface area contributed by atoms with Crippen molar-refractivity contribution in [2.75, 3.05) is 5.32 Å². The molecule has 1 heterocycles. The molecule has 4 nitrogen and oxygen atoms in total. The molecule has 1 aliphatic rings. The first-order valence-electron chi connectivity index (χ1n) is 6.21. The van der Waals surface area contributed by atoms with Gasteiger partial charge in [0.2, 0.25) is 5.91 Å². The van der Waals surface area contributed by atoms with Crippen molar-refractivity contribution < 1.29 is 18.0 Å². The summed E-state index contributed by atoms with van der Waals surface area (Å²) in [7, 11) is 0. The van der Waals surface area contributed by atoms with Gasteiger partial charge in [0.25, 0.3) is 0 Å². The van der Waals surface area contributed by atoms with Crippen molar-refractivity contribution in [2.45, 2.75) is 39.3 Å². The van der Waals surface area contributed by atoms with Crippen molar-refractivity contribution in [3.63, 3.8) is 0 Å². The van der Waals surface area contributed by atoms with Crippen LogP contribution in [0.2, 0.25) is 0 Å². The lowest BCUT2D eigenvalue weighted by Gasteiger charge is -2.09. The number of nitrogens with one attached hydrogen (secondary N) is 2. The normalized spacial score (nSPS) is 17.3. The lowest BCUT2D eigenvalue weighted by molar-refractivity contribution is -0.141. The monoisotopic (exact) mass is 275 g/mol. The number of nitrogens with zero attached hydrogens (tertiary/aromatic N) is 1. The van der Waals surface area contributed by atoms with Crippen LogP contribution in [0.5, 0.6) is 0 Å². The summed E-state index contributed by atoms with van der Waals surface area (Å²) in [5.74, 6) is 0.515. The third-order valence-corrected chi connectivity index (χ3v) is 3.49. The maximum Gasteiger partial charge on any atom is 0.433 e. The summed E-state index contributed by atoms with van der Waals surface area (Å²) in [4.78, 5) is 11.7. The van der Waals surface area contributed by atoms with E-state index in [0.29, 0.717) is 12.3 Å². The lowest BCUT2D eigenvalue weighted by Crippen LogP contribution is -2.17. The number of rotatable bonds is 4. The fraction of sp³-hybridized carbons (Fsp3) is 0.667. The molecule has 1 aromatic heterocycles. The summed E-state index contributed by atoms with van der Waals surface area (Å²) in [6, 6.07) is 0. The predicted molar refractivity (Wildman–Crippen MR) is 63.5 cm³/mol. The molecule has 1 aromatic rings. The van der Waals surface area contributed by atoms with Crippen LogP contribution in [-0.4, -0.2) is 16.1 Å². The van der Waals surface area contributed by atoms with Gasteiger partial charge in [0.15, 0.2) is 5.82 Å². The van der Waals surface area contributed by atoms with E-state index in [-0.39, 0.29) is 23.2 Å². The number of hydrogen-bond donors (Lipinski definition) is 2. The number of H-pyrrole nitrogens is 1. The molecule has 1 fully saturated rings. The van der Waals surface area contributed by atoms with E-state index in [0.717, 1.165) is 12.8 Å². The van der Waals surface area contributed by atoms with E-state index < -0.39 is 11.9 Å². The average Bonchev–Trinajstić information content (AvgIpc) is 3.04. The SMILES string of the molecule is Cc1c(NC(=O)C[C@H](C)C2CC2)n[nH]c1C(F)(F)F. The summed E-state index contributed by atoms with van der Waals surface area (Å²) >= 11 is 0. The van der Waals surface area contributed by atoms with Crippen LogP contribution >= 0.6 is 0 Å². The number of carbonyl (C=O) groups excluding carboxylic acids is 1. The number of anilines is 1. The van der Waals surface area contributed by atoms with Gasteiger partial charge in [0.1, 0.15) is 5.69 Å².